The minimum Gasteiger partial charge on any atom is -0.299 e. The number of likely N-dealkylation sites (tertiary alicyclic amines) is 1. The lowest BCUT2D eigenvalue weighted by Crippen LogP contribution is -2.35. The van der Waals surface area contributed by atoms with E-state index < -0.39 is 0 Å². The second kappa shape index (κ2) is 4.85. The van der Waals surface area contributed by atoms with Crippen LogP contribution in [0.3, 0.4) is 0 Å². The van der Waals surface area contributed by atoms with E-state index >= 15 is 0 Å². The fraction of sp³-hybridized carbons (Fsp3) is 1.00. The van der Waals surface area contributed by atoms with Crippen LogP contribution in [0.5, 0.6) is 0 Å². The van der Waals surface area contributed by atoms with Crippen LogP contribution in [-0.4, -0.2) is 29.9 Å². The quantitative estimate of drug-likeness (QED) is 0.656. The zero-order chi connectivity index (χ0) is 10.8. The number of hydrogen-bond acceptors (Lipinski definition) is 1. The molecule has 1 rings (SSSR count). The lowest BCUT2D eigenvalue weighted by atomic mass is 9.92. The second-order valence-electron chi connectivity index (χ2n) is 5.83. The minimum atomic E-state index is 0.447. The van der Waals surface area contributed by atoms with Gasteiger partial charge in [0.1, 0.15) is 0 Å². The van der Waals surface area contributed by atoms with E-state index in [2.05, 4.69) is 32.6 Å². The maximum absolute atomic E-state index is 6.01. The molecular formula is C12H24ClN. The molecule has 0 aliphatic carbocycles. The van der Waals surface area contributed by atoms with Crippen LogP contribution in [0.1, 0.15) is 40.5 Å². The van der Waals surface area contributed by atoms with Crippen LogP contribution in [0.15, 0.2) is 0 Å². The van der Waals surface area contributed by atoms with Crippen molar-refractivity contribution in [3.63, 3.8) is 0 Å². The van der Waals surface area contributed by atoms with Gasteiger partial charge in [-0.05, 0) is 37.3 Å². The molecule has 84 valence electrons. The summed E-state index contributed by atoms with van der Waals surface area (Å²) < 4.78 is 0. The molecule has 0 aromatic rings. The van der Waals surface area contributed by atoms with Gasteiger partial charge in [0.05, 0.1) is 0 Å². The predicted octanol–water partition coefficient (Wildman–Crippen LogP) is 3.37. The van der Waals surface area contributed by atoms with E-state index in [-0.39, 0.29) is 0 Å². The van der Waals surface area contributed by atoms with Crippen LogP contribution in [0.2, 0.25) is 0 Å². The van der Waals surface area contributed by atoms with Crippen LogP contribution in [-0.2, 0) is 0 Å². The number of hydrogen-bond donors (Lipinski definition) is 0. The minimum absolute atomic E-state index is 0.447. The van der Waals surface area contributed by atoms with Crippen molar-refractivity contribution >= 4 is 11.6 Å². The summed E-state index contributed by atoms with van der Waals surface area (Å²) in [5.41, 5.74) is 0.447. The molecule has 1 saturated heterocycles. The van der Waals surface area contributed by atoms with Gasteiger partial charge < -0.3 is 0 Å². The highest BCUT2D eigenvalue weighted by Gasteiger charge is 2.30. The molecule has 0 aromatic heterocycles. The number of rotatable bonds is 3. The molecule has 2 heteroatoms. The van der Waals surface area contributed by atoms with Crippen molar-refractivity contribution in [3.05, 3.63) is 0 Å². The average molecular weight is 218 g/mol. The fourth-order valence-electron chi connectivity index (χ4n) is 2.09. The highest BCUT2D eigenvalue weighted by molar-refractivity contribution is 6.18. The maximum Gasteiger partial charge on any atom is 0.0382 e. The van der Waals surface area contributed by atoms with E-state index in [1.54, 1.807) is 0 Å². The lowest BCUT2D eigenvalue weighted by Gasteiger charge is -2.28. The summed E-state index contributed by atoms with van der Waals surface area (Å²) in [4.78, 5) is 2.57. The Morgan fingerprint density at radius 1 is 1.36 bits per heavy atom. The molecule has 0 bridgehead atoms. The van der Waals surface area contributed by atoms with Crippen LogP contribution < -0.4 is 0 Å². The largest absolute Gasteiger partial charge is 0.299 e. The number of alkyl halides is 1. The van der Waals surface area contributed by atoms with Gasteiger partial charge in [0, 0.05) is 11.9 Å². The summed E-state index contributed by atoms with van der Waals surface area (Å²) in [6, 6.07) is 0.624. The van der Waals surface area contributed by atoms with E-state index in [1.807, 2.05) is 0 Å². The van der Waals surface area contributed by atoms with E-state index in [0.717, 1.165) is 11.8 Å². The molecule has 1 aliphatic rings. The van der Waals surface area contributed by atoms with E-state index in [1.165, 1.54) is 25.9 Å². The van der Waals surface area contributed by atoms with Crippen molar-refractivity contribution < 1.29 is 0 Å². The summed E-state index contributed by atoms with van der Waals surface area (Å²) in [5, 5.41) is 0. The third-order valence-corrected chi connectivity index (χ3v) is 3.62. The molecule has 0 aromatic carbocycles. The molecule has 1 aliphatic heterocycles. The summed E-state index contributed by atoms with van der Waals surface area (Å²) in [6.45, 7) is 11.7. The molecule has 0 spiro atoms. The van der Waals surface area contributed by atoms with Gasteiger partial charge in [0.2, 0.25) is 0 Å². The summed E-state index contributed by atoms with van der Waals surface area (Å²) in [6.07, 6.45) is 2.59. The van der Waals surface area contributed by atoms with Crippen molar-refractivity contribution in [3.8, 4) is 0 Å². The zero-order valence-corrected chi connectivity index (χ0v) is 10.8. The number of halogens is 1. The third-order valence-electron chi connectivity index (χ3n) is 3.30. The van der Waals surface area contributed by atoms with Gasteiger partial charge >= 0.3 is 0 Å². The lowest BCUT2D eigenvalue weighted by molar-refractivity contribution is 0.211. The van der Waals surface area contributed by atoms with Gasteiger partial charge in [-0.25, -0.2) is 0 Å². The van der Waals surface area contributed by atoms with Gasteiger partial charge in [0.15, 0.2) is 0 Å². The second-order valence-corrected chi connectivity index (χ2v) is 6.14. The van der Waals surface area contributed by atoms with Gasteiger partial charge in [-0.1, -0.05) is 27.7 Å². The fourth-order valence-corrected chi connectivity index (χ4v) is 2.59. The van der Waals surface area contributed by atoms with Crippen molar-refractivity contribution in [2.75, 3.05) is 19.0 Å². The molecule has 14 heavy (non-hydrogen) atoms. The zero-order valence-electron chi connectivity index (χ0n) is 10.0. The van der Waals surface area contributed by atoms with Crippen LogP contribution in [0.4, 0.5) is 0 Å². The normalized spacial score (nSPS) is 29.8. The molecule has 1 heterocycles. The molecule has 1 nitrogen and oxygen atoms in total. The first-order valence-corrected chi connectivity index (χ1v) is 6.27. The molecule has 0 amide bonds. The van der Waals surface area contributed by atoms with E-state index in [0.29, 0.717) is 11.5 Å². The topological polar surface area (TPSA) is 3.24 Å². The first kappa shape index (κ1) is 12.3. The molecule has 2 atom stereocenters. The molecule has 0 radical (unpaired) electrons. The maximum atomic E-state index is 6.01. The highest BCUT2D eigenvalue weighted by atomic mass is 35.5. The Balaban J connectivity index is 2.38. The van der Waals surface area contributed by atoms with Crippen molar-refractivity contribution in [1.82, 2.24) is 4.90 Å². The highest BCUT2D eigenvalue weighted by Crippen LogP contribution is 2.27. The number of nitrogens with zero attached hydrogens (tertiary/aromatic N) is 1. The first-order chi connectivity index (χ1) is 6.44. The van der Waals surface area contributed by atoms with Gasteiger partial charge in [-0.3, -0.25) is 4.90 Å². The van der Waals surface area contributed by atoms with Gasteiger partial charge in [-0.2, -0.15) is 0 Å². The predicted molar refractivity (Wildman–Crippen MR) is 63.9 cm³/mol. The van der Waals surface area contributed by atoms with Crippen LogP contribution in [0, 0.1) is 11.3 Å². The Bertz CT molecular complexity index is 174. The van der Waals surface area contributed by atoms with E-state index in [9.17, 15) is 0 Å². The summed E-state index contributed by atoms with van der Waals surface area (Å²) in [7, 11) is 0. The smallest absolute Gasteiger partial charge is 0.0382 e. The molecule has 1 fully saturated rings. The Hall–Kier alpha value is 0.250. The molecule has 2 unspecified atom stereocenters. The Morgan fingerprint density at radius 2 is 2.00 bits per heavy atom. The SMILES string of the molecule is CC1CCN(CCC(C)(C)C)C1CCl. The standard InChI is InChI=1S/C12H24ClN/c1-10-5-7-14(11(10)9-13)8-6-12(2,3)4/h10-11H,5-9H2,1-4H3. The third kappa shape index (κ3) is 3.43. The van der Waals surface area contributed by atoms with Crippen molar-refractivity contribution in [1.29, 1.82) is 0 Å². The Labute approximate surface area is 93.8 Å². The van der Waals surface area contributed by atoms with Crippen LogP contribution >= 0.6 is 11.6 Å². The Morgan fingerprint density at radius 3 is 2.50 bits per heavy atom. The van der Waals surface area contributed by atoms with Gasteiger partial charge in [-0.15, -0.1) is 11.6 Å². The van der Waals surface area contributed by atoms with Crippen LogP contribution in [0.25, 0.3) is 0 Å². The molecule has 0 N–H and O–H groups in total. The summed E-state index contributed by atoms with van der Waals surface area (Å²) >= 11 is 6.01. The summed E-state index contributed by atoms with van der Waals surface area (Å²) in [5.74, 6) is 1.58. The Kier molecular flexibility index (Phi) is 4.27. The monoisotopic (exact) mass is 217 g/mol. The first-order valence-electron chi connectivity index (χ1n) is 5.74. The molecule has 0 saturated carbocycles. The average Bonchev–Trinajstić information content (AvgIpc) is 2.41. The van der Waals surface area contributed by atoms with Gasteiger partial charge in [0.25, 0.3) is 0 Å². The molecular weight excluding hydrogens is 194 g/mol. The van der Waals surface area contributed by atoms with Crippen molar-refractivity contribution in [2.24, 2.45) is 11.3 Å². The van der Waals surface area contributed by atoms with Crippen molar-refractivity contribution in [2.45, 2.75) is 46.6 Å². The van der Waals surface area contributed by atoms with E-state index in [4.69, 9.17) is 11.6 Å².